The van der Waals surface area contributed by atoms with Gasteiger partial charge in [-0.3, -0.25) is 0 Å². The first-order chi connectivity index (χ1) is 28.1. The second kappa shape index (κ2) is 31.0. The maximum absolute atomic E-state index is 6.38. The Morgan fingerprint density at radius 3 is 1.36 bits per heavy atom. The normalized spacial score (nSPS) is 19.5. The molecular weight excluding hydrogens is 733 g/mol. The molecule has 2 aromatic carbocycles. The van der Waals surface area contributed by atoms with E-state index < -0.39 is 0 Å². The molecule has 2 saturated carbocycles. The SMILES string of the molecule is C/C=C/COc1cc(C)c(OC2CCC(OC/C(C)=N\OC)CC2)c(C)c1.C/C=C/COc1cc(C)c(OC2CCCC(OC/C(C)=N\OC)C2)c(C)c1.CC.CC. The van der Waals surface area contributed by atoms with Crippen molar-refractivity contribution >= 4 is 11.4 Å². The monoisotopic (exact) mass is 811 g/mol. The molecule has 2 unspecified atom stereocenters. The van der Waals surface area contributed by atoms with Gasteiger partial charge in [-0.25, -0.2) is 0 Å². The Hall–Kier alpha value is -4.02. The third-order valence-corrected chi connectivity index (χ3v) is 9.35. The lowest BCUT2D eigenvalue weighted by atomic mass is 9.94. The zero-order valence-electron chi connectivity index (χ0n) is 38.6. The van der Waals surface area contributed by atoms with Crippen LogP contribution in [0.15, 0.2) is 58.9 Å². The minimum atomic E-state index is 0.176. The minimum absolute atomic E-state index is 0.176. The Kier molecular flexibility index (Phi) is 27.8. The van der Waals surface area contributed by atoms with Gasteiger partial charge in [-0.1, -0.05) is 62.3 Å². The lowest BCUT2D eigenvalue weighted by Gasteiger charge is -2.30. The average Bonchev–Trinajstić information content (AvgIpc) is 3.22. The van der Waals surface area contributed by atoms with E-state index in [-0.39, 0.29) is 24.4 Å². The zero-order valence-corrected chi connectivity index (χ0v) is 38.6. The summed E-state index contributed by atoms with van der Waals surface area (Å²) in [5.41, 5.74) is 6.17. The maximum Gasteiger partial charge on any atom is 0.125 e. The van der Waals surface area contributed by atoms with Gasteiger partial charge in [0, 0.05) is 6.42 Å². The number of hydrogen-bond donors (Lipinski definition) is 0. The van der Waals surface area contributed by atoms with Gasteiger partial charge in [0.1, 0.15) is 56.5 Å². The summed E-state index contributed by atoms with van der Waals surface area (Å²) in [6.45, 7) is 26.3. The fourth-order valence-corrected chi connectivity index (χ4v) is 6.69. The summed E-state index contributed by atoms with van der Waals surface area (Å²) in [5, 5.41) is 7.78. The van der Waals surface area contributed by atoms with Crippen molar-refractivity contribution in [2.45, 2.75) is 159 Å². The number of allylic oxidation sites excluding steroid dienone is 2. The summed E-state index contributed by atoms with van der Waals surface area (Å²) in [6.07, 6.45) is 17.0. The standard InChI is InChI=1S/2C22H33NO4.2C2H6/c1-6-7-12-25-21-13-16(2)22(17(3)14-21)27-20-10-8-19(9-11-20)26-15-18(4)23-24-5;1-6-7-11-25-21-12-16(2)22(17(3)13-21)27-20-10-8-9-19(14-20)26-15-18(4)23-24-5;2*1-2/h6-7,13-14,19-20H,8-12,15H2,1-5H3;6-7,12-13,19-20H,8-11,14-15H2,1-5H3;2*1-2H3/b2*7-6+,23-18-;;. The van der Waals surface area contributed by atoms with Crippen LogP contribution in [0.1, 0.15) is 129 Å². The Labute approximate surface area is 352 Å². The number of rotatable bonds is 18. The van der Waals surface area contributed by atoms with Crippen molar-refractivity contribution < 1.29 is 38.1 Å². The predicted molar refractivity (Wildman–Crippen MR) is 241 cm³/mol. The molecule has 0 saturated heterocycles. The molecule has 0 aliphatic heterocycles. The molecule has 10 nitrogen and oxygen atoms in total. The summed E-state index contributed by atoms with van der Waals surface area (Å²) in [7, 11) is 3.10. The Bertz CT molecular complexity index is 1480. The molecule has 0 aromatic heterocycles. The molecule has 0 N–H and O–H groups in total. The first kappa shape index (κ1) is 52.0. The first-order valence-electron chi connectivity index (χ1n) is 21.5. The Morgan fingerprint density at radius 1 is 0.569 bits per heavy atom. The topological polar surface area (TPSA) is 98.6 Å². The van der Waals surface area contributed by atoms with Crippen molar-refractivity contribution in [2.75, 3.05) is 40.6 Å². The van der Waals surface area contributed by atoms with E-state index in [0.29, 0.717) is 26.4 Å². The average molecular weight is 811 g/mol. The fourth-order valence-electron chi connectivity index (χ4n) is 6.69. The van der Waals surface area contributed by atoms with Crippen molar-refractivity contribution in [3.63, 3.8) is 0 Å². The largest absolute Gasteiger partial charge is 0.490 e. The van der Waals surface area contributed by atoms with Gasteiger partial charge in [0.05, 0.1) is 42.9 Å². The van der Waals surface area contributed by atoms with Crippen molar-refractivity contribution in [2.24, 2.45) is 10.3 Å². The van der Waals surface area contributed by atoms with E-state index in [4.69, 9.17) is 38.1 Å². The smallest absolute Gasteiger partial charge is 0.125 e. The van der Waals surface area contributed by atoms with Gasteiger partial charge >= 0.3 is 0 Å². The summed E-state index contributed by atoms with van der Waals surface area (Å²) in [5.74, 6) is 3.73. The molecule has 2 aliphatic rings. The van der Waals surface area contributed by atoms with Gasteiger partial charge in [0.15, 0.2) is 0 Å². The fraction of sp³-hybridized carbons (Fsp3) is 0.625. The van der Waals surface area contributed by atoms with Gasteiger partial charge in [-0.05, 0) is 147 Å². The minimum Gasteiger partial charge on any atom is -0.490 e. The molecular formula is C48H78N2O8. The van der Waals surface area contributed by atoms with E-state index in [1.807, 2.05) is 91.8 Å². The summed E-state index contributed by atoms with van der Waals surface area (Å²) in [6, 6.07) is 8.21. The van der Waals surface area contributed by atoms with Crippen LogP contribution in [-0.4, -0.2) is 76.5 Å². The van der Waals surface area contributed by atoms with Crippen LogP contribution in [0.4, 0.5) is 0 Å². The van der Waals surface area contributed by atoms with E-state index in [2.05, 4.69) is 50.1 Å². The van der Waals surface area contributed by atoms with Crippen LogP contribution in [0.3, 0.4) is 0 Å². The molecule has 0 amide bonds. The van der Waals surface area contributed by atoms with Crippen LogP contribution >= 0.6 is 0 Å². The van der Waals surface area contributed by atoms with Crippen molar-refractivity contribution in [1.82, 2.24) is 0 Å². The highest BCUT2D eigenvalue weighted by Gasteiger charge is 2.26. The number of ether oxygens (including phenoxy) is 6. The number of oxime groups is 2. The lowest BCUT2D eigenvalue weighted by molar-refractivity contribution is 0.00792. The highest BCUT2D eigenvalue weighted by molar-refractivity contribution is 5.82. The number of benzene rings is 2. The van der Waals surface area contributed by atoms with Crippen LogP contribution in [0.2, 0.25) is 0 Å². The predicted octanol–water partition coefficient (Wildman–Crippen LogP) is 12.0. The number of aryl methyl sites for hydroxylation is 4. The van der Waals surface area contributed by atoms with E-state index in [9.17, 15) is 0 Å². The summed E-state index contributed by atoms with van der Waals surface area (Å²) >= 11 is 0. The molecule has 2 aliphatic carbocycles. The molecule has 10 heteroatoms. The van der Waals surface area contributed by atoms with Crippen LogP contribution in [0.25, 0.3) is 0 Å². The third kappa shape index (κ3) is 20.1. The first-order valence-corrected chi connectivity index (χ1v) is 21.5. The maximum atomic E-state index is 6.38. The second-order valence-corrected chi connectivity index (χ2v) is 14.2. The van der Waals surface area contributed by atoms with Crippen molar-refractivity contribution in [1.29, 1.82) is 0 Å². The van der Waals surface area contributed by atoms with Crippen molar-refractivity contribution in [3.8, 4) is 23.0 Å². The third-order valence-electron chi connectivity index (χ3n) is 9.35. The summed E-state index contributed by atoms with van der Waals surface area (Å²) in [4.78, 5) is 9.54. The highest BCUT2D eigenvalue weighted by atomic mass is 16.6. The van der Waals surface area contributed by atoms with Gasteiger partial charge in [0.2, 0.25) is 0 Å². The molecule has 2 fully saturated rings. The lowest BCUT2D eigenvalue weighted by Crippen LogP contribution is -2.31. The van der Waals surface area contributed by atoms with E-state index >= 15 is 0 Å². The van der Waals surface area contributed by atoms with Crippen LogP contribution < -0.4 is 18.9 Å². The van der Waals surface area contributed by atoms with Gasteiger partial charge in [-0.2, -0.15) is 0 Å². The van der Waals surface area contributed by atoms with E-state index in [1.165, 1.54) is 0 Å². The van der Waals surface area contributed by atoms with Crippen molar-refractivity contribution in [3.05, 3.63) is 70.8 Å². The highest BCUT2D eigenvalue weighted by Crippen LogP contribution is 2.34. The molecule has 0 bridgehead atoms. The van der Waals surface area contributed by atoms with Gasteiger partial charge in [-0.15, -0.1) is 0 Å². The van der Waals surface area contributed by atoms with Gasteiger partial charge in [0.25, 0.3) is 0 Å². The Morgan fingerprint density at radius 2 is 0.948 bits per heavy atom. The quantitative estimate of drug-likeness (QED) is 0.0834. The molecule has 2 aromatic rings. The Balaban J connectivity index is 0.000000534. The number of nitrogens with zero attached hydrogens (tertiary/aromatic N) is 2. The molecule has 328 valence electrons. The molecule has 0 spiro atoms. The van der Waals surface area contributed by atoms with Crippen LogP contribution in [0.5, 0.6) is 23.0 Å². The molecule has 58 heavy (non-hydrogen) atoms. The summed E-state index contributed by atoms with van der Waals surface area (Å²) < 4.78 is 36.1. The van der Waals surface area contributed by atoms with Gasteiger partial charge < -0.3 is 38.1 Å². The van der Waals surface area contributed by atoms with E-state index in [1.54, 1.807) is 14.2 Å². The van der Waals surface area contributed by atoms with Crippen LogP contribution in [-0.2, 0) is 19.1 Å². The van der Waals surface area contributed by atoms with Crippen LogP contribution in [0, 0.1) is 27.7 Å². The van der Waals surface area contributed by atoms with E-state index in [0.717, 1.165) is 108 Å². The number of hydrogen-bond acceptors (Lipinski definition) is 10. The zero-order chi connectivity index (χ0) is 43.3. The molecule has 0 radical (unpaired) electrons. The molecule has 4 rings (SSSR count). The molecule has 0 heterocycles. The second-order valence-electron chi connectivity index (χ2n) is 14.2. The molecule has 2 atom stereocenters.